The van der Waals surface area contributed by atoms with E-state index in [2.05, 4.69) is 0 Å². The summed E-state index contributed by atoms with van der Waals surface area (Å²) in [5, 5.41) is 1.15. The van der Waals surface area contributed by atoms with E-state index >= 15 is 0 Å². The number of hydrogen-bond acceptors (Lipinski definition) is 4. The molecule has 7 heteroatoms. The number of nitrogens with two attached hydrogens (primary N) is 1. The van der Waals surface area contributed by atoms with E-state index in [1.54, 1.807) is 19.2 Å². The lowest BCUT2D eigenvalue weighted by molar-refractivity contribution is 0.211. The van der Waals surface area contributed by atoms with Crippen molar-refractivity contribution in [1.82, 2.24) is 0 Å². The normalized spacial score (nSPS) is 10.5. The quantitative estimate of drug-likeness (QED) is 0.719. The van der Waals surface area contributed by atoms with Crippen molar-refractivity contribution in [2.45, 2.75) is 6.54 Å². The molecule has 23 heavy (non-hydrogen) atoms. The van der Waals surface area contributed by atoms with Crippen molar-refractivity contribution in [1.29, 1.82) is 0 Å². The molecule has 2 aromatic rings. The van der Waals surface area contributed by atoms with Crippen LogP contribution in [-0.2, 0) is 6.54 Å². The van der Waals surface area contributed by atoms with E-state index in [9.17, 15) is 0 Å². The second-order valence-corrected chi connectivity index (χ2v) is 5.84. The average Bonchev–Trinajstić information content (AvgIpc) is 2.53. The van der Waals surface area contributed by atoms with Crippen LogP contribution in [0.2, 0.25) is 15.1 Å². The fraction of sp³-hybridized carbons (Fsp3) is 0.250. The van der Waals surface area contributed by atoms with Crippen LogP contribution in [0.3, 0.4) is 0 Å². The minimum Gasteiger partial charge on any atom is -0.493 e. The molecule has 0 aliphatic rings. The Morgan fingerprint density at radius 1 is 0.913 bits per heavy atom. The van der Waals surface area contributed by atoms with E-state index in [1.165, 1.54) is 0 Å². The summed E-state index contributed by atoms with van der Waals surface area (Å²) in [6.45, 7) is 0.976. The summed E-state index contributed by atoms with van der Waals surface area (Å²) < 4.78 is 16.5. The van der Waals surface area contributed by atoms with Crippen molar-refractivity contribution in [3.05, 3.63) is 51.0 Å². The molecule has 0 unspecified atom stereocenters. The van der Waals surface area contributed by atoms with E-state index in [0.29, 0.717) is 45.5 Å². The Morgan fingerprint density at radius 3 is 2.17 bits per heavy atom. The molecule has 0 aromatic heterocycles. The maximum atomic E-state index is 6.05. The zero-order valence-corrected chi connectivity index (χ0v) is 14.7. The Balaban J connectivity index is 1.96. The van der Waals surface area contributed by atoms with Crippen LogP contribution in [0.4, 0.5) is 0 Å². The summed E-state index contributed by atoms with van der Waals surface area (Å²) in [5.74, 6) is 1.61. The molecule has 0 amide bonds. The van der Waals surface area contributed by atoms with Crippen LogP contribution in [0, 0.1) is 0 Å². The van der Waals surface area contributed by atoms with Crippen LogP contribution >= 0.6 is 34.8 Å². The summed E-state index contributed by atoms with van der Waals surface area (Å²) in [6, 6.07) is 8.67. The van der Waals surface area contributed by atoms with Gasteiger partial charge in [0.2, 0.25) is 0 Å². The maximum absolute atomic E-state index is 6.05. The zero-order chi connectivity index (χ0) is 16.8. The number of benzene rings is 2. The molecular formula is C16H16Cl3NO3. The Hall–Kier alpha value is -1.33. The first-order valence-corrected chi connectivity index (χ1v) is 7.95. The second-order valence-electron chi connectivity index (χ2n) is 4.58. The van der Waals surface area contributed by atoms with Gasteiger partial charge in [0.1, 0.15) is 13.2 Å². The van der Waals surface area contributed by atoms with Gasteiger partial charge in [-0.15, -0.1) is 0 Å². The highest BCUT2D eigenvalue weighted by Gasteiger charge is 2.10. The molecule has 0 saturated heterocycles. The molecule has 0 bridgehead atoms. The van der Waals surface area contributed by atoms with Crippen molar-refractivity contribution in [2.75, 3.05) is 20.3 Å². The van der Waals surface area contributed by atoms with Crippen LogP contribution < -0.4 is 19.9 Å². The predicted octanol–water partition coefficient (Wildman–Crippen LogP) is 4.57. The highest BCUT2D eigenvalue weighted by Crippen LogP contribution is 2.35. The van der Waals surface area contributed by atoms with Crippen molar-refractivity contribution < 1.29 is 14.2 Å². The van der Waals surface area contributed by atoms with Gasteiger partial charge in [0.25, 0.3) is 0 Å². The molecular weight excluding hydrogens is 361 g/mol. The summed E-state index contributed by atoms with van der Waals surface area (Å²) in [5.41, 5.74) is 6.57. The number of hydrogen-bond donors (Lipinski definition) is 1. The highest BCUT2D eigenvalue weighted by molar-refractivity contribution is 6.40. The van der Waals surface area contributed by atoms with Gasteiger partial charge in [0.15, 0.2) is 17.2 Å². The highest BCUT2D eigenvalue weighted by atomic mass is 35.5. The minimum absolute atomic E-state index is 0.261. The average molecular weight is 377 g/mol. The van der Waals surface area contributed by atoms with Gasteiger partial charge in [-0.05, 0) is 29.8 Å². The Kier molecular flexibility index (Phi) is 6.66. The van der Waals surface area contributed by atoms with Crippen LogP contribution in [0.15, 0.2) is 30.3 Å². The molecule has 0 aliphatic carbocycles. The molecule has 0 heterocycles. The fourth-order valence-electron chi connectivity index (χ4n) is 1.92. The zero-order valence-electron chi connectivity index (χ0n) is 12.4. The van der Waals surface area contributed by atoms with Crippen molar-refractivity contribution >= 4 is 34.8 Å². The topological polar surface area (TPSA) is 53.7 Å². The molecule has 124 valence electrons. The standard InChI is InChI=1S/C16H16Cl3NO3/c1-21-14-3-2-10(9-20)6-15(14)22-4-5-23-16-12(18)7-11(17)8-13(16)19/h2-3,6-8H,4-5,9,20H2,1H3. The third-order valence-electron chi connectivity index (χ3n) is 3.01. The van der Waals surface area contributed by atoms with Crippen molar-refractivity contribution in [3.63, 3.8) is 0 Å². The minimum atomic E-state index is 0.261. The first kappa shape index (κ1) is 18.0. The third-order valence-corrected chi connectivity index (χ3v) is 3.79. The summed E-state index contributed by atoms with van der Waals surface area (Å²) in [6.07, 6.45) is 0. The lowest BCUT2D eigenvalue weighted by Gasteiger charge is -2.13. The summed E-state index contributed by atoms with van der Waals surface area (Å²) >= 11 is 18.0. The monoisotopic (exact) mass is 375 g/mol. The van der Waals surface area contributed by atoms with Gasteiger partial charge >= 0.3 is 0 Å². The van der Waals surface area contributed by atoms with Gasteiger partial charge in [0.05, 0.1) is 17.2 Å². The first-order chi connectivity index (χ1) is 11.0. The van der Waals surface area contributed by atoms with Crippen molar-refractivity contribution in [2.24, 2.45) is 5.73 Å². The fourth-order valence-corrected chi connectivity index (χ4v) is 2.85. The Bertz CT molecular complexity index is 657. The van der Waals surface area contributed by atoms with E-state index in [0.717, 1.165) is 5.56 Å². The molecule has 0 atom stereocenters. The third kappa shape index (κ3) is 4.82. The number of methoxy groups -OCH3 is 1. The lowest BCUT2D eigenvalue weighted by atomic mass is 10.2. The smallest absolute Gasteiger partial charge is 0.161 e. The van der Waals surface area contributed by atoms with Crippen LogP contribution in [-0.4, -0.2) is 20.3 Å². The molecule has 0 spiro atoms. The van der Waals surface area contributed by atoms with Crippen molar-refractivity contribution in [3.8, 4) is 17.2 Å². The molecule has 0 fully saturated rings. The molecule has 2 rings (SSSR count). The van der Waals surface area contributed by atoms with Gasteiger partial charge in [-0.25, -0.2) is 0 Å². The molecule has 0 saturated carbocycles. The Morgan fingerprint density at radius 2 is 1.57 bits per heavy atom. The first-order valence-electron chi connectivity index (χ1n) is 6.82. The molecule has 2 N–H and O–H groups in total. The van der Waals surface area contributed by atoms with Gasteiger partial charge < -0.3 is 19.9 Å². The van der Waals surface area contributed by atoms with Crippen LogP contribution in [0.1, 0.15) is 5.56 Å². The van der Waals surface area contributed by atoms with E-state index in [1.807, 2.05) is 18.2 Å². The SMILES string of the molecule is COc1ccc(CN)cc1OCCOc1c(Cl)cc(Cl)cc1Cl. The van der Waals surface area contributed by atoms with Gasteiger partial charge in [-0.1, -0.05) is 40.9 Å². The number of rotatable bonds is 7. The van der Waals surface area contributed by atoms with Gasteiger partial charge in [-0.2, -0.15) is 0 Å². The second kappa shape index (κ2) is 8.50. The Labute approximate surface area is 150 Å². The number of ether oxygens (including phenoxy) is 3. The van der Waals surface area contributed by atoms with Crippen LogP contribution in [0.25, 0.3) is 0 Å². The van der Waals surface area contributed by atoms with E-state index in [-0.39, 0.29) is 6.61 Å². The molecule has 4 nitrogen and oxygen atoms in total. The summed E-state index contributed by atoms with van der Waals surface area (Å²) in [7, 11) is 1.58. The largest absolute Gasteiger partial charge is 0.493 e. The molecule has 0 radical (unpaired) electrons. The molecule has 0 aliphatic heterocycles. The van der Waals surface area contributed by atoms with E-state index in [4.69, 9.17) is 54.7 Å². The predicted molar refractivity (Wildman–Crippen MR) is 93.3 cm³/mol. The van der Waals surface area contributed by atoms with Crippen LogP contribution in [0.5, 0.6) is 17.2 Å². The van der Waals surface area contributed by atoms with Gasteiger partial charge in [-0.3, -0.25) is 0 Å². The van der Waals surface area contributed by atoms with E-state index < -0.39 is 0 Å². The maximum Gasteiger partial charge on any atom is 0.161 e. The van der Waals surface area contributed by atoms with Gasteiger partial charge in [0, 0.05) is 11.6 Å². The summed E-state index contributed by atoms with van der Waals surface area (Å²) in [4.78, 5) is 0. The molecule has 2 aromatic carbocycles. The number of halogens is 3. The lowest BCUT2D eigenvalue weighted by Crippen LogP contribution is -2.10.